The molecule has 0 spiro atoms. The Labute approximate surface area is 110 Å². The van der Waals surface area contributed by atoms with Crippen LogP contribution in [0.4, 0.5) is 13.2 Å². The molecular weight excluding hydrogens is 257 g/mol. The Bertz CT molecular complexity index is 448. The summed E-state index contributed by atoms with van der Waals surface area (Å²) in [4.78, 5) is 11.9. The van der Waals surface area contributed by atoms with Crippen molar-refractivity contribution >= 4 is 5.78 Å². The van der Waals surface area contributed by atoms with Crippen molar-refractivity contribution in [1.82, 2.24) is 0 Å². The Morgan fingerprint density at radius 1 is 1.21 bits per heavy atom. The number of alkyl halides is 3. The zero-order valence-corrected chi connectivity index (χ0v) is 10.9. The highest BCUT2D eigenvalue weighted by Crippen LogP contribution is 2.30. The molecule has 5 heteroatoms. The van der Waals surface area contributed by atoms with E-state index in [1.54, 1.807) is 13.8 Å². The van der Waals surface area contributed by atoms with E-state index in [0.29, 0.717) is 0 Å². The third-order valence-corrected chi connectivity index (χ3v) is 3.31. The average molecular weight is 274 g/mol. The number of carbonyl (C=O) groups excluding carboxylic acids is 1. The number of ketones is 1. The Balaban J connectivity index is 2.92. The fourth-order valence-electron chi connectivity index (χ4n) is 1.85. The molecule has 0 heterocycles. The number of hydrogen-bond acceptors (Lipinski definition) is 2. The lowest BCUT2D eigenvalue weighted by atomic mass is 9.88. The minimum absolute atomic E-state index is 0.192. The summed E-state index contributed by atoms with van der Waals surface area (Å²) in [5, 5.41) is 10.0. The van der Waals surface area contributed by atoms with Gasteiger partial charge < -0.3 is 5.11 Å². The number of hydrogen-bond donors (Lipinski definition) is 1. The van der Waals surface area contributed by atoms with Crippen molar-refractivity contribution < 1.29 is 23.1 Å². The highest BCUT2D eigenvalue weighted by Gasteiger charge is 2.33. The summed E-state index contributed by atoms with van der Waals surface area (Å²) in [6, 6.07) is 4.63. The Morgan fingerprint density at radius 3 is 2.26 bits per heavy atom. The summed E-state index contributed by atoms with van der Waals surface area (Å²) in [5.74, 6) is -0.447. The molecule has 0 atom stereocenters. The summed E-state index contributed by atoms with van der Waals surface area (Å²) in [6.07, 6.45) is -4.12. The van der Waals surface area contributed by atoms with Gasteiger partial charge in [-0.2, -0.15) is 13.2 Å². The van der Waals surface area contributed by atoms with E-state index in [1.165, 1.54) is 12.1 Å². The second-order valence-electron chi connectivity index (χ2n) is 4.54. The van der Waals surface area contributed by atoms with Crippen molar-refractivity contribution in [2.75, 3.05) is 0 Å². The third-order valence-electron chi connectivity index (χ3n) is 3.31. The van der Waals surface area contributed by atoms with Gasteiger partial charge in [0.1, 0.15) is 5.60 Å². The second-order valence-corrected chi connectivity index (χ2v) is 4.54. The van der Waals surface area contributed by atoms with Crippen LogP contribution in [0.2, 0.25) is 0 Å². The molecule has 0 fully saturated rings. The van der Waals surface area contributed by atoms with E-state index in [9.17, 15) is 23.1 Å². The molecule has 0 amide bonds. The Hall–Kier alpha value is -1.36. The molecule has 0 saturated heterocycles. The maximum absolute atomic E-state index is 12.5. The van der Waals surface area contributed by atoms with Crippen molar-refractivity contribution in [1.29, 1.82) is 0 Å². The lowest BCUT2D eigenvalue weighted by Gasteiger charge is -2.23. The van der Waals surface area contributed by atoms with Gasteiger partial charge in [-0.05, 0) is 24.5 Å². The van der Waals surface area contributed by atoms with Gasteiger partial charge >= 0.3 is 6.18 Å². The van der Waals surface area contributed by atoms with Crippen LogP contribution in [0.25, 0.3) is 0 Å². The van der Waals surface area contributed by atoms with Gasteiger partial charge in [0, 0.05) is 6.42 Å². The van der Waals surface area contributed by atoms with Gasteiger partial charge in [-0.25, -0.2) is 0 Å². The first-order valence-electron chi connectivity index (χ1n) is 6.14. The van der Waals surface area contributed by atoms with Crippen LogP contribution in [0.1, 0.15) is 37.8 Å². The van der Waals surface area contributed by atoms with Crippen LogP contribution in [0.3, 0.4) is 0 Å². The van der Waals surface area contributed by atoms with Gasteiger partial charge in [-0.3, -0.25) is 4.79 Å². The highest BCUT2D eigenvalue weighted by molar-refractivity contribution is 5.88. The molecule has 1 aromatic rings. The van der Waals surface area contributed by atoms with Crippen molar-refractivity contribution in [3.63, 3.8) is 0 Å². The Morgan fingerprint density at radius 2 is 1.79 bits per heavy atom. The highest BCUT2D eigenvalue weighted by atomic mass is 19.4. The molecule has 0 aliphatic heterocycles. The summed E-state index contributed by atoms with van der Waals surface area (Å²) in [7, 11) is 0. The van der Waals surface area contributed by atoms with Gasteiger partial charge in [0.25, 0.3) is 0 Å². The molecule has 106 valence electrons. The molecule has 0 aromatic heterocycles. The molecule has 19 heavy (non-hydrogen) atoms. The molecule has 1 aromatic carbocycles. The van der Waals surface area contributed by atoms with E-state index in [1.807, 2.05) is 0 Å². The monoisotopic (exact) mass is 274 g/mol. The molecule has 1 N–H and O–H groups in total. The topological polar surface area (TPSA) is 37.3 Å². The van der Waals surface area contributed by atoms with Crippen LogP contribution >= 0.6 is 0 Å². The van der Waals surface area contributed by atoms with Crippen LogP contribution in [-0.2, 0) is 17.4 Å². The van der Waals surface area contributed by atoms with Gasteiger partial charge in [0.15, 0.2) is 5.78 Å². The molecule has 2 nitrogen and oxygen atoms in total. The number of carbonyl (C=O) groups is 1. The first kappa shape index (κ1) is 15.7. The van der Waals surface area contributed by atoms with Crippen molar-refractivity contribution in [2.45, 2.75) is 44.9 Å². The smallest absolute Gasteiger partial charge is 0.382 e. The standard InChI is InChI=1S/C14H17F3O2/c1-3-13(19,4-2)12(18)9-10-6-5-7-11(8-10)14(15,16)17/h5-8,19H,3-4,9H2,1-2H3. The normalized spacial score (nSPS) is 12.5. The minimum Gasteiger partial charge on any atom is -0.382 e. The molecule has 0 radical (unpaired) electrons. The van der Waals surface area contributed by atoms with E-state index in [4.69, 9.17) is 0 Å². The van der Waals surface area contributed by atoms with E-state index >= 15 is 0 Å². The average Bonchev–Trinajstić information content (AvgIpc) is 2.37. The van der Waals surface area contributed by atoms with Crippen LogP contribution in [0.15, 0.2) is 24.3 Å². The molecule has 0 bridgehead atoms. The fourth-order valence-corrected chi connectivity index (χ4v) is 1.85. The SMILES string of the molecule is CCC(O)(CC)C(=O)Cc1cccc(C(F)(F)F)c1. The number of halogens is 3. The summed E-state index contributed by atoms with van der Waals surface area (Å²) >= 11 is 0. The van der Waals surface area contributed by atoms with Crippen LogP contribution in [-0.4, -0.2) is 16.5 Å². The van der Waals surface area contributed by atoms with Crippen LogP contribution < -0.4 is 0 Å². The minimum atomic E-state index is -4.43. The van der Waals surface area contributed by atoms with Crippen molar-refractivity contribution in [3.8, 4) is 0 Å². The number of rotatable bonds is 5. The van der Waals surface area contributed by atoms with Crippen LogP contribution in [0, 0.1) is 0 Å². The van der Waals surface area contributed by atoms with Gasteiger partial charge in [-0.1, -0.05) is 32.0 Å². The Kier molecular flexibility index (Phi) is 4.74. The number of benzene rings is 1. The van der Waals surface area contributed by atoms with E-state index in [0.717, 1.165) is 12.1 Å². The quantitative estimate of drug-likeness (QED) is 0.893. The second kappa shape index (κ2) is 5.74. The first-order valence-corrected chi connectivity index (χ1v) is 6.14. The fraction of sp³-hybridized carbons (Fsp3) is 0.500. The predicted octanol–water partition coefficient (Wildman–Crippen LogP) is 3.37. The largest absolute Gasteiger partial charge is 0.416 e. The zero-order valence-electron chi connectivity index (χ0n) is 10.9. The maximum atomic E-state index is 12.5. The van der Waals surface area contributed by atoms with Gasteiger partial charge in [0.2, 0.25) is 0 Å². The first-order chi connectivity index (χ1) is 8.73. The maximum Gasteiger partial charge on any atom is 0.416 e. The summed E-state index contributed by atoms with van der Waals surface area (Å²) in [5.41, 5.74) is -1.97. The van der Waals surface area contributed by atoms with Crippen molar-refractivity contribution in [3.05, 3.63) is 35.4 Å². The third kappa shape index (κ3) is 3.80. The lowest BCUT2D eigenvalue weighted by Crippen LogP contribution is -2.38. The molecule has 1 rings (SSSR count). The van der Waals surface area contributed by atoms with Gasteiger partial charge in [0.05, 0.1) is 5.56 Å². The molecule has 0 aliphatic carbocycles. The van der Waals surface area contributed by atoms with Gasteiger partial charge in [-0.15, -0.1) is 0 Å². The summed E-state index contributed by atoms with van der Waals surface area (Å²) in [6.45, 7) is 3.35. The number of aliphatic hydroxyl groups is 1. The summed E-state index contributed by atoms with van der Waals surface area (Å²) < 4.78 is 37.6. The zero-order chi connectivity index (χ0) is 14.7. The molecule has 0 aliphatic rings. The predicted molar refractivity (Wildman–Crippen MR) is 65.7 cm³/mol. The molecule has 0 saturated carbocycles. The van der Waals surface area contributed by atoms with Crippen molar-refractivity contribution in [2.24, 2.45) is 0 Å². The number of Topliss-reactive ketones (excluding diaryl/α,β-unsaturated/α-hetero) is 1. The molecule has 0 unspecified atom stereocenters. The van der Waals surface area contributed by atoms with E-state index in [2.05, 4.69) is 0 Å². The van der Waals surface area contributed by atoms with Crippen LogP contribution in [0.5, 0.6) is 0 Å². The molecular formula is C14H17F3O2. The van der Waals surface area contributed by atoms with E-state index < -0.39 is 23.1 Å². The van der Waals surface area contributed by atoms with E-state index in [-0.39, 0.29) is 24.8 Å². The lowest BCUT2D eigenvalue weighted by molar-refractivity contribution is -0.139.